The molecule has 1 aromatic carbocycles. The van der Waals surface area contributed by atoms with Gasteiger partial charge in [0, 0.05) is 5.02 Å². The van der Waals surface area contributed by atoms with Gasteiger partial charge in [0.05, 0.1) is 25.8 Å². The Morgan fingerprint density at radius 2 is 1.94 bits per heavy atom. The lowest BCUT2D eigenvalue weighted by atomic mass is 10.1. The number of hydrogen-bond acceptors (Lipinski definition) is 4. The van der Waals surface area contributed by atoms with Crippen molar-refractivity contribution in [3.05, 3.63) is 34.9 Å². The van der Waals surface area contributed by atoms with Crippen molar-refractivity contribution in [2.24, 2.45) is 0 Å². The summed E-state index contributed by atoms with van der Waals surface area (Å²) >= 11 is 5.75. The normalized spacial score (nSPS) is 13.1. The first-order valence-corrected chi connectivity index (χ1v) is 7.38. The van der Waals surface area contributed by atoms with Crippen LogP contribution in [-0.2, 0) is 19.6 Å². The van der Waals surface area contributed by atoms with E-state index in [2.05, 4.69) is 9.46 Å². The zero-order valence-electron chi connectivity index (χ0n) is 10.0. The highest BCUT2D eigenvalue weighted by molar-refractivity contribution is 7.88. The van der Waals surface area contributed by atoms with Gasteiger partial charge < -0.3 is 4.74 Å². The summed E-state index contributed by atoms with van der Waals surface area (Å²) in [6.45, 7) is 0. The summed E-state index contributed by atoms with van der Waals surface area (Å²) in [5, 5.41) is 0.537. The number of nitrogens with one attached hydrogen (secondary N) is 1. The number of ether oxygens (including phenoxy) is 1. The Morgan fingerprint density at radius 3 is 2.39 bits per heavy atom. The summed E-state index contributed by atoms with van der Waals surface area (Å²) in [6, 6.07) is 5.92. The number of benzene rings is 1. The van der Waals surface area contributed by atoms with Crippen molar-refractivity contribution < 1.29 is 17.9 Å². The van der Waals surface area contributed by atoms with Crippen LogP contribution in [0, 0.1) is 0 Å². The Bertz CT molecular complexity index is 512. The Balaban J connectivity index is 2.96. The molecule has 0 spiro atoms. The second kappa shape index (κ2) is 6.17. The van der Waals surface area contributed by atoms with Crippen molar-refractivity contribution in [3.8, 4) is 0 Å². The summed E-state index contributed by atoms with van der Waals surface area (Å²) in [5.74, 6) is -0.494. The molecule has 100 valence electrons. The van der Waals surface area contributed by atoms with Gasteiger partial charge in [-0.25, -0.2) is 13.1 Å². The highest BCUT2D eigenvalue weighted by atomic mass is 35.5. The largest absolute Gasteiger partial charge is 0.469 e. The fourth-order valence-corrected chi connectivity index (χ4v) is 2.29. The van der Waals surface area contributed by atoms with E-state index in [1.807, 2.05) is 0 Å². The Kier molecular flexibility index (Phi) is 5.13. The van der Waals surface area contributed by atoms with Crippen LogP contribution in [0.2, 0.25) is 5.02 Å². The molecule has 1 atom stereocenters. The van der Waals surface area contributed by atoms with E-state index in [9.17, 15) is 13.2 Å². The first-order valence-electron chi connectivity index (χ1n) is 5.11. The molecule has 0 bridgehead atoms. The van der Waals surface area contributed by atoms with Crippen LogP contribution < -0.4 is 4.72 Å². The van der Waals surface area contributed by atoms with E-state index in [1.54, 1.807) is 24.3 Å². The predicted octanol–water partition coefficient (Wildman–Crippen LogP) is 1.49. The molecule has 0 fully saturated rings. The summed E-state index contributed by atoms with van der Waals surface area (Å²) in [6.07, 6.45) is 0.957. The van der Waals surface area contributed by atoms with Gasteiger partial charge in [-0.3, -0.25) is 4.79 Å². The number of sulfonamides is 1. The average Bonchev–Trinajstić information content (AvgIpc) is 2.27. The number of esters is 1. The van der Waals surface area contributed by atoms with E-state index in [0.29, 0.717) is 10.6 Å². The number of halogens is 1. The molecule has 0 amide bonds. The van der Waals surface area contributed by atoms with Crippen molar-refractivity contribution >= 4 is 27.6 Å². The SMILES string of the molecule is COC(=O)C[C@@H](NS(C)(=O)=O)c1ccc(Cl)cc1. The minimum Gasteiger partial charge on any atom is -0.469 e. The second-order valence-electron chi connectivity index (χ2n) is 3.77. The molecule has 0 aliphatic carbocycles. The molecule has 0 heterocycles. The smallest absolute Gasteiger partial charge is 0.307 e. The number of hydrogen-bond donors (Lipinski definition) is 1. The lowest BCUT2D eigenvalue weighted by Gasteiger charge is -2.16. The lowest BCUT2D eigenvalue weighted by molar-refractivity contribution is -0.141. The molecule has 1 aromatic rings. The number of carbonyl (C=O) groups excluding carboxylic acids is 1. The van der Waals surface area contributed by atoms with Crippen LogP contribution in [0.25, 0.3) is 0 Å². The van der Waals surface area contributed by atoms with E-state index in [0.717, 1.165) is 6.26 Å². The molecule has 0 saturated heterocycles. The minimum atomic E-state index is -3.43. The van der Waals surface area contributed by atoms with Crippen LogP contribution >= 0.6 is 11.6 Å². The Labute approximate surface area is 111 Å². The van der Waals surface area contributed by atoms with Gasteiger partial charge >= 0.3 is 5.97 Å². The van der Waals surface area contributed by atoms with E-state index in [4.69, 9.17) is 11.6 Å². The lowest BCUT2D eigenvalue weighted by Crippen LogP contribution is -2.29. The fraction of sp³-hybridized carbons (Fsp3) is 0.364. The van der Waals surface area contributed by atoms with E-state index >= 15 is 0 Å². The van der Waals surface area contributed by atoms with Crippen molar-refractivity contribution in [3.63, 3.8) is 0 Å². The van der Waals surface area contributed by atoms with Gasteiger partial charge in [0.1, 0.15) is 0 Å². The average molecular weight is 292 g/mol. The van der Waals surface area contributed by atoms with Gasteiger partial charge in [0.15, 0.2) is 0 Å². The molecule has 7 heteroatoms. The number of carbonyl (C=O) groups is 1. The third-order valence-electron chi connectivity index (χ3n) is 2.23. The van der Waals surface area contributed by atoms with Gasteiger partial charge in [-0.1, -0.05) is 23.7 Å². The molecular weight excluding hydrogens is 278 g/mol. The quantitative estimate of drug-likeness (QED) is 0.834. The van der Waals surface area contributed by atoms with Crippen molar-refractivity contribution in [2.75, 3.05) is 13.4 Å². The Morgan fingerprint density at radius 1 is 1.39 bits per heavy atom. The highest BCUT2D eigenvalue weighted by Gasteiger charge is 2.20. The van der Waals surface area contributed by atoms with Crippen LogP contribution in [0.4, 0.5) is 0 Å². The third kappa shape index (κ3) is 5.03. The van der Waals surface area contributed by atoms with Crippen LogP contribution in [-0.4, -0.2) is 27.8 Å². The predicted molar refractivity (Wildman–Crippen MR) is 68.8 cm³/mol. The molecule has 0 aliphatic rings. The summed E-state index contributed by atoms with van der Waals surface area (Å²) in [7, 11) is -2.17. The monoisotopic (exact) mass is 291 g/mol. The third-order valence-corrected chi connectivity index (χ3v) is 3.19. The molecular formula is C11H14ClNO4S. The summed E-state index contributed by atoms with van der Waals surface area (Å²) < 4.78 is 29.5. The molecule has 0 aliphatic heterocycles. The molecule has 1 N–H and O–H groups in total. The maximum Gasteiger partial charge on any atom is 0.307 e. The zero-order valence-corrected chi connectivity index (χ0v) is 11.6. The van der Waals surface area contributed by atoms with E-state index in [1.165, 1.54) is 7.11 Å². The first-order chi connectivity index (χ1) is 8.31. The topological polar surface area (TPSA) is 72.5 Å². The first kappa shape index (κ1) is 14.9. The fourth-order valence-electron chi connectivity index (χ4n) is 1.43. The van der Waals surface area contributed by atoms with Gasteiger partial charge in [0.2, 0.25) is 10.0 Å². The standard InChI is InChI=1S/C11H14ClNO4S/c1-17-11(14)7-10(13-18(2,15)16)8-3-5-9(12)6-4-8/h3-6,10,13H,7H2,1-2H3/t10-/m1/s1. The van der Waals surface area contributed by atoms with Gasteiger partial charge in [-0.15, -0.1) is 0 Å². The van der Waals surface area contributed by atoms with Crippen molar-refractivity contribution in [1.82, 2.24) is 4.72 Å². The van der Waals surface area contributed by atoms with Crippen LogP contribution in [0.3, 0.4) is 0 Å². The molecule has 0 saturated carbocycles. The Hall–Kier alpha value is -1.11. The maximum atomic E-state index is 11.3. The summed E-state index contributed by atoms with van der Waals surface area (Å²) in [4.78, 5) is 11.3. The van der Waals surface area contributed by atoms with Crippen molar-refractivity contribution in [2.45, 2.75) is 12.5 Å². The molecule has 1 rings (SSSR count). The summed E-state index contributed by atoms with van der Waals surface area (Å²) in [5.41, 5.74) is 0.648. The molecule has 5 nitrogen and oxygen atoms in total. The van der Waals surface area contributed by atoms with E-state index < -0.39 is 22.0 Å². The van der Waals surface area contributed by atoms with Gasteiger partial charge in [0.25, 0.3) is 0 Å². The second-order valence-corrected chi connectivity index (χ2v) is 5.99. The van der Waals surface area contributed by atoms with Crippen LogP contribution in [0.5, 0.6) is 0 Å². The molecule has 18 heavy (non-hydrogen) atoms. The minimum absolute atomic E-state index is 0.0782. The zero-order chi connectivity index (χ0) is 13.8. The number of methoxy groups -OCH3 is 1. The molecule has 0 unspecified atom stereocenters. The number of rotatable bonds is 5. The van der Waals surface area contributed by atoms with Crippen molar-refractivity contribution in [1.29, 1.82) is 0 Å². The van der Waals surface area contributed by atoms with Crippen LogP contribution in [0.1, 0.15) is 18.0 Å². The van der Waals surface area contributed by atoms with Crippen LogP contribution in [0.15, 0.2) is 24.3 Å². The van der Waals surface area contributed by atoms with E-state index in [-0.39, 0.29) is 6.42 Å². The van der Waals surface area contributed by atoms with Gasteiger partial charge in [-0.2, -0.15) is 0 Å². The van der Waals surface area contributed by atoms with Gasteiger partial charge in [-0.05, 0) is 17.7 Å². The molecule has 0 radical (unpaired) electrons. The molecule has 0 aromatic heterocycles. The maximum absolute atomic E-state index is 11.3. The highest BCUT2D eigenvalue weighted by Crippen LogP contribution is 2.20.